The van der Waals surface area contributed by atoms with Crippen molar-refractivity contribution in [3.8, 4) is 5.75 Å². The van der Waals surface area contributed by atoms with Gasteiger partial charge in [0, 0.05) is 55.2 Å². The standard InChI is InChI=1S/C24H31N3O2/c1-17-14-20(26-24(28)19-7-4-8-22(15-19)29-3)9-10-23(17)27(13-5-6-18(27)2)21-11-12-25-16-21/h4,7-10,14-15,18,21,25H,5-6,11-13,16H2,1-3H3/p+1. The number of anilines is 1. The molecule has 2 fully saturated rings. The van der Waals surface area contributed by atoms with Crippen molar-refractivity contribution in [3.63, 3.8) is 0 Å². The van der Waals surface area contributed by atoms with Gasteiger partial charge in [0.2, 0.25) is 0 Å². The molecule has 2 heterocycles. The van der Waals surface area contributed by atoms with E-state index in [1.807, 2.05) is 12.1 Å². The Hall–Kier alpha value is -2.37. The molecule has 29 heavy (non-hydrogen) atoms. The molecule has 2 saturated heterocycles. The summed E-state index contributed by atoms with van der Waals surface area (Å²) in [7, 11) is 1.61. The van der Waals surface area contributed by atoms with Crippen LogP contribution in [0.25, 0.3) is 0 Å². The lowest BCUT2D eigenvalue weighted by Gasteiger charge is -2.44. The topological polar surface area (TPSA) is 50.4 Å². The maximum absolute atomic E-state index is 12.7. The number of carbonyl (C=O) groups excluding carboxylic acids is 1. The highest BCUT2D eigenvalue weighted by Gasteiger charge is 2.48. The van der Waals surface area contributed by atoms with Gasteiger partial charge < -0.3 is 15.4 Å². The lowest BCUT2D eigenvalue weighted by atomic mass is 10.0. The summed E-state index contributed by atoms with van der Waals surface area (Å²) < 4.78 is 6.32. The van der Waals surface area contributed by atoms with Crippen LogP contribution in [0.15, 0.2) is 42.5 Å². The molecule has 2 N–H and O–H groups in total. The Bertz CT molecular complexity index is 891. The van der Waals surface area contributed by atoms with Crippen LogP contribution in [-0.2, 0) is 0 Å². The zero-order valence-corrected chi connectivity index (χ0v) is 17.7. The van der Waals surface area contributed by atoms with Gasteiger partial charge >= 0.3 is 0 Å². The maximum Gasteiger partial charge on any atom is 0.255 e. The van der Waals surface area contributed by atoms with Gasteiger partial charge in [-0.25, -0.2) is 0 Å². The summed E-state index contributed by atoms with van der Waals surface area (Å²) in [5.41, 5.74) is 4.12. The van der Waals surface area contributed by atoms with Crippen LogP contribution in [0.3, 0.4) is 0 Å². The quantitative estimate of drug-likeness (QED) is 0.751. The number of likely N-dealkylation sites (tertiary alicyclic amines) is 1. The first-order valence-corrected chi connectivity index (χ1v) is 10.7. The number of nitrogens with zero attached hydrogens (tertiary/aromatic N) is 1. The van der Waals surface area contributed by atoms with Crippen molar-refractivity contribution in [1.29, 1.82) is 0 Å². The predicted octanol–water partition coefficient (Wildman–Crippen LogP) is 4.11. The number of quaternary nitrogens is 1. The number of amides is 1. The summed E-state index contributed by atoms with van der Waals surface area (Å²) in [6.07, 6.45) is 3.80. The van der Waals surface area contributed by atoms with Crippen molar-refractivity contribution in [2.45, 2.75) is 45.2 Å². The van der Waals surface area contributed by atoms with E-state index >= 15 is 0 Å². The Morgan fingerprint density at radius 1 is 1.21 bits per heavy atom. The van der Waals surface area contributed by atoms with Gasteiger partial charge in [-0.2, -0.15) is 0 Å². The Labute approximate surface area is 173 Å². The number of ether oxygens (including phenoxy) is 1. The Morgan fingerprint density at radius 3 is 2.72 bits per heavy atom. The summed E-state index contributed by atoms with van der Waals surface area (Å²) in [6, 6.07) is 15.0. The minimum Gasteiger partial charge on any atom is -0.497 e. The van der Waals surface area contributed by atoms with Gasteiger partial charge in [-0.1, -0.05) is 6.07 Å². The van der Waals surface area contributed by atoms with E-state index in [-0.39, 0.29) is 5.91 Å². The lowest BCUT2D eigenvalue weighted by molar-refractivity contribution is 0.102. The molecule has 5 nitrogen and oxygen atoms in total. The van der Waals surface area contributed by atoms with E-state index in [0.29, 0.717) is 23.4 Å². The van der Waals surface area contributed by atoms with Crippen LogP contribution >= 0.6 is 0 Å². The molecule has 0 spiro atoms. The van der Waals surface area contributed by atoms with Crippen LogP contribution in [0.4, 0.5) is 11.4 Å². The zero-order chi connectivity index (χ0) is 20.4. The fourth-order valence-electron chi connectivity index (χ4n) is 5.40. The fourth-order valence-corrected chi connectivity index (χ4v) is 5.40. The van der Waals surface area contributed by atoms with Gasteiger partial charge in [0.05, 0.1) is 19.7 Å². The molecule has 4 rings (SSSR count). The van der Waals surface area contributed by atoms with Crippen molar-refractivity contribution in [2.24, 2.45) is 0 Å². The molecule has 2 aromatic carbocycles. The number of methoxy groups -OCH3 is 1. The van der Waals surface area contributed by atoms with Crippen LogP contribution in [0.5, 0.6) is 5.75 Å². The van der Waals surface area contributed by atoms with Crippen molar-refractivity contribution in [3.05, 3.63) is 53.6 Å². The monoisotopic (exact) mass is 394 g/mol. The average Bonchev–Trinajstić information content (AvgIpc) is 3.39. The molecule has 0 radical (unpaired) electrons. The molecule has 0 aliphatic carbocycles. The second kappa shape index (κ2) is 8.17. The molecule has 3 unspecified atom stereocenters. The molecular formula is C24H32N3O2+. The third-order valence-corrected chi connectivity index (χ3v) is 6.86. The Morgan fingerprint density at radius 2 is 2.07 bits per heavy atom. The van der Waals surface area contributed by atoms with Gasteiger partial charge in [-0.3, -0.25) is 9.28 Å². The predicted molar refractivity (Wildman–Crippen MR) is 119 cm³/mol. The van der Waals surface area contributed by atoms with Crippen molar-refractivity contribution < 1.29 is 9.53 Å². The Kier molecular flexibility index (Phi) is 5.61. The third-order valence-electron chi connectivity index (χ3n) is 6.86. The van der Waals surface area contributed by atoms with Crippen molar-refractivity contribution >= 4 is 17.3 Å². The highest BCUT2D eigenvalue weighted by Crippen LogP contribution is 2.41. The molecule has 5 heteroatoms. The molecule has 2 aliphatic rings. The zero-order valence-electron chi connectivity index (χ0n) is 17.7. The number of hydrogen-bond donors (Lipinski definition) is 2. The number of benzene rings is 2. The largest absolute Gasteiger partial charge is 0.497 e. The van der Waals surface area contributed by atoms with Gasteiger partial charge in [0.15, 0.2) is 0 Å². The number of aryl methyl sites for hydroxylation is 1. The van der Waals surface area contributed by atoms with E-state index in [2.05, 4.69) is 42.7 Å². The SMILES string of the molecule is COc1cccc(C(=O)Nc2ccc([N+]3(C4CCNC4)CCCC3C)c(C)c2)c1. The van der Waals surface area contributed by atoms with Crippen LogP contribution in [0, 0.1) is 6.92 Å². The van der Waals surface area contributed by atoms with Crippen LogP contribution < -0.4 is 19.9 Å². The first kappa shape index (κ1) is 19.9. The average molecular weight is 395 g/mol. The Balaban J connectivity index is 1.59. The number of carbonyl (C=O) groups is 1. The van der Waals surface area contributed by atoms with E-state index in [1.54, 1.807) is 19.2 Å². The smallest absolute Gasteiger partial charge is 0.255 e. The molecular weight excluding hydrogens is 362 g/mol. The van der Waals surface area contributed by atoms with E-state index in [1.165, 1.54) is 37.1 Å². The van der Waals surface area contributed by atoms with E-state index < -0.39 is 0 Å². The summed E-state index contributed by atoms with van der Waals surface area (Å²) in [5.74, 6) is 0.568. The fraction of sp³-hybridized carbons (Fsp3) is 0.458. The summed E-state index contributed by atoms with van der Waals surface area (Å²) in [4.78, 5) is 12.7. The number of hydrogen-bond acceptors (Lipinski definition) is 3. The van der Waals surface area contributed by atoms with Gasteiger partial charge in [0.1, 0.15) is 17.5 Å². The maximum atomic E-state index is 12.7. The second-order valence-electron chi connectivity index (χ2n) is 8.48. The summed E-state index contributed by atoms with van der Waals surface area (Å²) in [6.45, 7) is 8.01. The van der Waals surface area contributed by atoms with Crippen LogP contribution in [0.1, 0.15) is 42.1 Å². The van der Waals surface area contributed by atoms with Crippen molar-refractivity contribution in [2.75, 3.05) is 32.1 Å². The minimum atomic E-state index is -0.116. The van der Waals surface area contributed by atoms with E-state index in [0.717, 1.165) is 23.3 Å². The second-order valence-corrected chi connectivity index (χ2v) is 8.48. The molecule has 0 saturated carbocycles. The molecule has 0 bridgehead atoms. The normalized spacial score (nSPS) is 26.4. The summed E-state index contributed by atoms with van der Waals surface area (Å²) in [5, 5.41) is 6.61. The van der Waals surface area contributed by atoms with Gasteiger partial charge in [-0.05, 0) is 44.2 Å². The van der Waals surface area contributed by atoms with Gasteiger partial charge in [-0.15, -0.1) is 0 Å². The lowest BCUT2D eigenvalue weighted by Crippen LogP contribution is -2.60. The van der Waals surface area contributed by atoms with Crippen LogP contribution in [0.2, 0.25) is 0 Å². The highest BCUT2D eigenvalue weighted by atomic mass is 16.5. The van der Waals surface area contributed by atoms with E-state index in [4.69, 9.17) is 4.74 Å². The summed E-state index contributed by atoms with van der Waals surface area (Å²) >= 11 is 0. The number of rotatable bonds is 5. The van der Waals surface area contributed by atoms with Crippen LogP contribution in [-0.4, -0.2) is 44.7 Å². The number of nitrogens with one attached hydrogen (secondary N) is 2. The first-order chi connectivity index (χ1) is 14.0. The molecule has 2 aromatic rings. The first-order valence-electron chi connectivity index (χ1n) is 10.7. The third kappa shape index (κ3) is 3.65. The molecule has 0 aromatic heterocycles. The molecule has 1 amide bonds. The van der Waals surface area contributed by atoms with E-state index in [9.17, 15) is 4.79 Å². The van der Waals surface area contributed by atoms with Crippen molar-refractivity contribution in [1.82, 2.24) is 9.80 Å². The van der Waals surface area contributed by atoms with Gasteiger partial charge in [0.25, 0.3) is 5.91 Å². The minimum absolute atomic E-state index is 0.116. The molecule has 154 valence electrons. The highest BCUT2D eigenvalue weighted by molar-refractivity contribution is 6.04. The molecule has 2 aliphatic heterocycles. The molecule has 3 atom stereocenters.